The van der Waals surface area contributed by atoms with Gasteiger partial charge >= 0.3 is 12.0 Å². The number of carboxylic acid groups (broad SMARTS) is 1. The number of hydrogen-bond acceptors (Lipinski definition) is 3. The highest BCUT2D eigenvalue weighted by atomic mass is 16.4. The molecule has 1 heterocycles. The minimum atomic E-state index is -0.928. The maximum atomic E-state index is 12.1. The van der Waals surface area contributed by atoms with Crippen molar-refractivity contribution in [2.75, 3.05) is 7.05 Å². The number of rotatable bonds is 5. The maximum Gasteiger partial charge on any atom is 0.317 e. The zero-order valence-electron chi connectivity index (χ0n) is 12.3. The molecule has 112 valence electrons. The Morgan fingerprint density at radius 1 is 1.45 bits per heavy atom. The van der Waals surface area contributed by atoms with E-state index in [2.05, 4.69) is 5.32 Å². The van der Waals surface area contributed by atoms with Gasteiger partial charge in [0.05, 0.1) is 25.5 Å². The van der Waals surface area contributed by atoms with E-state index in [-0.39, 0.29) is 17.9 Å². The Labute approximate surface area is 118 Å². The van der Waals surface area contributed by atoms with Gasteiger partial charge in [-0.15, -0.1) is 0 Å². The van der Waals surface area contributed by atoms with Crippen LogP contribution in [0.1, 0.15) is 32.8 Å². The molecular formula is C14H22N2O4. The fourth-order valence-corrected chi connectivity index (χ4v) is 1.74. The summed E-state index contributed by atoms with van der Waals surface area (Å²) in [4.78, 5) is 24.5. The number of hydrogen-bond donors (Lipinski definition) is 2. The van der Waals surface area contributed by atoms with Gasteiger partial charge in [0, 0.05) is 18.7 Å². The van der Waals surface area contributed by atoms with Crippen molar-refractivity contribution in [2.24, 2.45) is 5.41 Å². The third-order valence-electron chi connectivity index (χ3n) is 3.07. The number of carbonyl (C=O) groups is 2. The number of furan rings is 1. The quantitative estimate of drug-likeness (QED) is 0.868. The van der Waals surface area contributed by atoms with Crippen molar-refractivity contribution in [3.05, 3.63) is 24.2 Å². The molecule has 0 aliphatic carbocycles. The molecule has 0 saturated carbocycles. The summed E-state index contributed by atoms with van der Waals surface area (Å²) in [7, 11) is 1.66. The highest BCUT2D eigenvalue weighted by Gasteiger charge is 2.29. The minimum absolute atomic E-state index is 0.102. The fourth-order valence-electron chi connectivity index (χ4n) is 1.74. The summed E-state index contributed by atoms with van der Waals surface area (Å²) < 4.78 is 4.95. The summed E-state index contributed by atoms with van der Waals surface area (Å²) in [5.74, 6) is -0.928. The molecule has 1 rings (SSSR count). The van der Waals surface area contributed by atoms with Gasteiger partial charge < -0.3 is 19.7 Å². The van der Waals surface area contributed by atoms with Crippen molar-refractivity contribution < 1.29 is 19.1 Å². The fraction of sp³-hybridized carbons (Fsp3) is 0.571. The Kier molecular flexibility index (Phi) is 5.19. The molecule has 0 aromatic carbocycles. The highest BCUT2D eigenvalue weighted by Crippen LogP contribution is 2.22. The molecule has 0 spiro atoms. The molecule has 1 atom stereocenters. The lowest BCUT2D eigenvalue weighted by atomic mass is 9.85. The number of aliphatic carboxylic acids is 1. The van der Waals surface area contributed by atoms with Gasteiger partial charge in [-0.3, -0.25) is 4.79 Å². The molecule has 1 aromatic heterocycles. The van der Waals surface area contributed by atoms with E-state index in [1.54, 1.807) is 25.6 Å². The summed E-state index contributed by atoms with van der Waals surface area (Å²) in [5.41, 5.74) is 0.554. The van der Waals surface area contributed by atoms with Crippen LogP contribution in [-0.2, 0) is 11.3 Å². The summed E-state index contributed by atoms with van der Waals surface area (Å²) >= 11 is 0. The van der Waals surface area contributed by atoms with Gasteiger partial charge in [-0.25, -0.2) is 4.79 Å². The van der Waals surface area contributed by atoms with Gasteiger partial charge in [0.25, 0.3) is 0 Å². The van der Waals surface area contributed by atoms with Gasteiger partial charge in [-0.1, -0.05) is 20.8 Å². The maximum absolute atomic E-state index is 12.1. The standard InChI is InChI=1S/C14H22N2O4/c1-14(2,3)11(7-12(17)18)15-13(19)16(4)8-10-5-6-20-9-10/h5-6,9,11H,7-8H2,1-4H3,(H,15,19)(H,17,18). The molecule has 2 amide bonds. The van der Waals surface area contributed by atoms with Gasteiger partial charge in [0.15, 0.2) is 0 Å². The van der Waals surface area contributed by atoms with Crippen molar-refractivity contribution in [3.63, 3.8) is 0 Å². The second-order valence-corrected chi connectivity index (χ2v) is 5.95. The molecule has 6 nitrogen and oxygen atoms in total. The Morgan fingerprint density at radius 2 is 2.10 bits per heavy atom. The zero-order chi connectivity index (χ0) is 15.3. The third-order valence-corrected chi connectivity index (χ3v) is 3.07. The van der Waals surface area contributed by atoms with Gasteiger partial charge in [0.1, 0.15) is 0 Å². The molecule has 0 fully saturated rings. The van der Waals surface area contributed by atoms with Crippen LogP contribution in [-0.4, -0.2) is 35.1 Å². The van der Waals surface area contributed by atoms with Gasteiger partial charge in [0.2, 0.25) is 0 Å². The van der Waals surface area contributed by atoms with Crippen LogP contribution in [0.2, 0.25) is 0 Å². The summed E-state index contributed by atoms with van der Waals surface area (Å²) in [6.07, 6.45) is 3.01. The van der Waals surface area contributed by atoms with Crippen LogP contribution in [0.25, 0.3) is 0 Å². The SMILES string of the molecule is CN(Cc1ccoc1)C(=O)NC(CC(=O)O)C(C)(C)C. The molecule has 20 heavy (non-hydrogen) atoms. The monoisotopic (exact) mass is 282 g/mol. The van der Waals surface area contributed by atoms with Crippen LogP contribution in [0.15, 0.2) is 23.0 Å². The first-order valence-corrected chi connectivity index (χ1v) is 6.44. The van der Waals surface area contributed by atoms with Gasteiger partial charge in [-0.2, -0.15) is 0 Å². The molecule has 2 N–H and O–H groups in total. The van der Waals surface area contributed by atoms with E-state index in [0.717, 1.165) is 5.56 Å². The average molecular weight is 282 g/mol. The number of nitrogens with one attached hydrogen (secondary N) is 1. The van der Waals surface area contributed by atoms with E-state index in [1.165, 1.54) is 4.90 Å². The first kappa shape index (κ1) is 16.1. The summed E-state index contributed by atoms with van der Waals surface area (Å²) in [5, 5.41) is 11.7. The number of amides is 2. The number of nitrogens with zero attached hydrogens (tertiary/aromatic N) is 1. The largest absolute Gasteiger partial charge is 0.481 e. The molecule has 0 saturated heterocycles. The topological polar surface area (TPSA) is 82.8 Å². The Balaban J connectivity index is 2.63. The van der Waals surface area contributed by atoms with Gasteiger partial charge in [-0.05, 0) is 11.5 Å². The Morgan fingerprint density at radius 3 is 2.55 bits per heavy atom. The Bertz CT molecular complexity index is 448. The van der Waals surface area contributed by atoms with Crippen LogP contribution in [0.3, 0.4) is 0 Å². The van der Waals surface area contributed by atoms with Crippen LogP contribution in [0, 0.1) is 5.41 Å². The van der Waals surface area contributed by atoms with Crippen molar-refractivity contribution in [1.82, 2.24) is 10.2 Å². The molecule has 0 aliphatic rings. The van der Waals surface area contributed by atoms with Crippen LogP contribution in [0.5, 0.6) is 0 Å². The average Bonchev–Trinajstić information content (AvgIpc) is 2.78. The molecule has 1 aromatic rings. The van der Waals surface area contributed by atoms with E-state index < -0.39 is 12.0 Å². The highest BCUT2D eigenvalue weighted by molar-refractivity contribution is 5.75. The predicted molar refractivity (Wildman–Crippen MR) is 74.2 cm³/mol. The number of carbonyl (C=O) groups excluding carboxylic acids is 1. The van der Waals surface area contributed by atoms with Crippen molar-refractivity contribution in [2.45, 2.75) is 39.8 Å². The molecular weight excluding hydrogens is 260 g/mol. The van der Waals surface area contributed by atoms with E-state index >= 15 is 0 Å². The molecule has 0 aliphatic heterocycles. The normalized spacial score (nSPS) is 12.8. The second kappa shape index (κ2) is 6.45. The lowest BCUT2D eigenvalue weighted by molar-refractivity contribution is -0.138. The van der Waals surface area contributed by atoms with Crippen LogP contribution >= 0.6 is 0 Å². The molecule has 0 bridgehead atoms. The molecule has 6 heteroatoms. The first-order valence-electron chi connectivity index (χ1n) is 6.44. The van der Waals surface area contributed by atoms with E-state index in [4.69, 9.17) is 9.52 Å². The van der Waals surface area contributed by atoms with Crippen LogP contribution in [0.4, 0.5) is 4.79 Å². The van der Waals surface area contributed by atoms with E-state index in [0.29, 0.717) is 6.54 Å². The first-order chi connectivity index (χ1) is 9.20. The van der Waals surface area contributed by atoms with Crippen molar-refractivity contribution >= 4 is 12.0 Å². The zero-order valence-corrected chi connectivity index (χ0v) is 12.3. The number of urea groups is 1. The van der Waals surface area contributed by atoms with E-state index in [1.807, 2.05) is 20.8 Å². The van der Waals surface area contributed by atoms with Crippen molar-refractivity contribution in [1.29, 1.82) is 0 Å². The summed E-state index contributed by atoms with van der Waals surface area (Å²) in [6.45, 7) is 6.11. The summed E-state index contributed by atoms with van der Waals surface area (Å²) in [6, 6.07) is 1.05. The Hall–Kier alpha value is -1.98. The lowest BCUT2D eigenvalue weighted by Gasteiger charge is -2.32. The second-order valence-electron chi connectivity index (χ2n) is 5.95. The number of carboxylic acids is 1. The predicted octanol–water partition coefficient (Wildman–Crippen LogP) is 2.31. The lowest BCUT2D eigenvalue weighted by Crippen LogP contribution is -2.49. The van der Waals surface area contributed by atoms with Crippen LogP contribution < -0.4 is 5.32 Å². The smallest absolute Gasteiger partial charge is 0.317 e. The third kappa shape index (κ3) is 4.95. The molecule has 0 radical (unpaired) electrons. The van der Waals surface area contributed by atoms with E-state index in [9.17, 15) is 9.59 Å². The van der Waals surface area contributed by atoms with Crippen molar-refractivity contribution in [3.8, 4) is 0 Å². The molecule has 1 unspecified atom stereocenters. The minimum Gasteiger partial charge on any atom is -0.481 e.